The number of nitrogens with zero attached hydrogens (tertiary/aromatic N) is 1. The Hall–Kier alpha value is -0.340. The van der Waals surface area contributed by atoms with Crippen LogP contribution in [-0.2, 0) is 4.74 Å². The van der Waals surface area contributed by atoms with Gasteiger partial charge in [-0.3, -0.25) is 4.90 Å². The summed E-state index contributed by atoms with van der Waals surface area (Å²) in [7, 11) is 0. The SMILES string of the molecule is CCCCCC=CC(C)N1CCOCC1. The Bertz CT molecular complexity index is 173. The van der Waals surface area contributed by atoms with Gasteiger partial charge in [-0.25, -0.2) is 0 Å². The Balaban J connectivity index is 2.12. The summed E-state index contributed by atoms with van der Waals surface area (Å²) in [4.78, 5) is 2.49. The Morgan fingerprint density at radius 1 is 1.27 bits per heavy atom. The number of rotatable bonds is 6. The largest absolute Gasteiger partial charge is 0.379 e. The van der Waals surface area contributed by atoms with Crippen molar-refractivity contribution < 1.29 is 4.74 Å². The van der Waals surface area contributed by atoms with Gasteiger partial charge in [0.1, 0.15) is 0 Å². The zero-order valence-electron chi connectivity index (χ0n) is 10.2. The van der Waals surface area contributed by atoms with Crippen molar-refractivity contribution in [2.45, 2.75) is 45.6 Å². The third kappa shape index (κ3) is 5.33. The molecule has 2 heteroatoms. The Morgan fingerprint density at radius 3 is 2.67 bits per heavy atom. The van der Waals surface area contributed by atoms with Gasteiger partial charge in [-0.2, -0.15) is 0 Å². The molecule has 1 saturated heterocycles. The van der Waals surface area contributed by atoms with Gasteiger partial charge in [0.2, 0.25) is 0 Å². The number of morpholine rings is 1. The summed E-state index contributed by atoms with van der Waals surface area (Å²) in [5, 5.41) is 0. The van der Waals surface area contributed by atoms with E-state index in [0.717, 1.165) is 26.3 Å². The molecule has 1 rings (SSSR count). The molecule has 1 heterocycles. The summed E-state index contributed by atoms with van der Waals surface area (Å²) in [6.07, 6.45) is 9.94. The van der Waals surface area contributed by atoms with Gasteiger partial charge >= 0.3 is 0 Å². The second-order valence-corrected chi connectivity index (χ2v) is 4.31. The summed E-state index contributed by atoms with van der Waals surface area (Å²) in [6, 6.07) is 0.579. The van der Waals surface area contributed by atoms with Crippen LogP contribution < -0.4 is 0 Å². The van der Waals surface area contributed by atoms with E-state index in [2.05, 4.69) is 30.9 Å². The third-order valence-corrected chi connectivity index (χ3v) is 3.01. The van der Waals surface area contributed by atoms with Gasteiger partial charge in [0.05, 0.1) is 13.2 Å². The molecule has 0 aliphatic carbocycles. The van der Waals surface area contributed by atoms with Crippen molar-refractivity contribution in [1.82, 2.24) is 4.90 Å². The maximum atomic E-state index is 5.34. The Kier molecular flexibility index (Phi) is 6.69. The van der Waals surface area contributed by atoms with Crippen LogP contribution in [0.4, 0.5) is 0 Å². The van der Waals surface area contributed by atoms with Crippen LogP contribution in [0.5, 0.6) is 0 Å². The van der Waals surface area contributed by atoms with E-state index in [4.69, 9.17) is 4.74 Å². The fourth-order valence-corrected chi connectivity index (χ4v) is 1.91. The lowest BCUT2D eigenvalue weighted by Gasteiger charge is -2.30. The van der Waals surface area contributed by atoms with Crippen molar-refractivity contribution in [3.63, 3.8) is 0 Å². The predicted octanol–water partition coefficient (Wildman–Crippen LogP) is 2.84. The quantitative estimate of drug-likeness (QED) is 0.495. The molecule has 0 radical (unpaired) electrons. The number of allylic oxidation sites excluding steroid dienone is 1. The average molecular weight is 211 g/mol. The van der Waals surface area contributed by atoms with Crippen LogP contribution in [-0.4, -0.2) is 37.2 Å². The first kappa shape index (κ1) is 12.7. The van der Waals surface area contributed by atoms with Gasteiger partial charge in [0.15, 0.2) is 0 Å². The second-order valence-electron chi connectivity index (χ2n) is 4.31. The molecule has 1 fully saturated rings. The van der Waals surface area contributed by atoms with E-state index < -0.39 is 0 Å². The molecule has 0 aromatic rings. The summed E-state index contributed by atoms with van der Waals surface area (Å²) < 4.78 is 5.34. The summed E-state index contributed by atoms with van der Waals surface area (Å²) in [5.74, 6) is 0. The first-order valence-electron chi connectivity index (χ1n) is 6.33. The Morgan fingerprint density at radius 2 is 2.00 bits per heavy atom. The fraction of sp³-hybridized carbons (Fsp3) is 0.846. The topological polar surface area (TPSA) is 12.5 Å². The van der Waals surface area contributed by atoms with Gasteiger partial charge < -0.3 is 4.74 Å². The van der Waals surface area contributed by atoms with Crippen molar-refractivity contribution in [2.24, 2.45) is 0 Å². The van der Waals surface area contributed by atoms with E-state index >= 15 is 0 Å². The van der Waals surface area contributed by atoms with Gasteiger partial charge in [-0.15, -0.1) is 0 Å². The first-order chi connectivity index (χ1) is 7.34. The van der Waals surface area contributed by atoms with Crippen LogP contribution in [0.1, 0.15) is 39.5 Å². The maximum Gasteiger partial charge on any atom is 0.0594 e. The van der Waals surface area contributed by atoms with Crippen LogP contribution in [0.15, 0.2) is 12.2 Å². The van der Waals surface area contributed by atoms with Crippen molar-refractivity contribution in [2.75, 3.05) is 26.3 Å². The normalized spacial score (nSPS) is 20.9. The molecule has 1 aliphatic heterocycles. The third-order valence-electron chi connectivity index (χ3n) is 3.01. The van der Waals surface area contributed by atoms with E-state index in [-0.39, 0.29) is 0 Å². The highest BCUT2D eigenvalue weighted by Crippen LogP contribution is 2.06. The molecule has 0 amide bonds. The lowest BCUT2D eigenvalue weighted by Crippen LogP contribution is -2.41. The second kappa shape index (κ2) is 7.89. The molecular formula is C13H25NO. The smallest absolute Gasteiger partial charge is 0.0594 e. The first-order valence-corrected chi connectivity index (χ1v) is 6.33. The zero-order valence-corrected chi connectivity index (χ0v) is 10.2. The Labute approximate surface area is 94.3 Å². The molecule has 0 spiro atoms. The van der Waals surface area contributed by atoms with Crippen molar-refractivity contribution >= 4 is 0 Å². The molecule has 1 unspecified atom stereocenters. The lowest BCUT2D eigenvalue weighted by molar-refractivity contribution is 0.0286. The lowest BCUT2D eigenvalue weighted by atomic mass is 10.1. The number of hydrogen-bond donors (Lipinski definition) is 0. The maximum absolute atomic E-state index is 5.34. The molecule has 0 N–H and O–H groups in total. The van der Waals surface area contributed by atoms with Crippen LogP contribution >= 0.6 is 0 Å². The van der Waals surface area contributed by atoms with Gasteiger partial charge in [0.25, 0.3) is 0 Å². The molecule has 0 aromatic carbocycles. The minimum Gasteiger partial charge on any atom is -0.379 e. The van der Waals surface area contributed by atoms with Crippen LogP contribution in [0.2, 0.25) is 0 Å². The predicted molar refractivity (Wildman–Crippen MR) is 65.1 cm³/mol. The van der Waals surface area contributed by atoms with Crippen molar-refractivity contribution in [3.05, 3.63) is 12.2 Å². The summed E-state index contributed by atoms with van der Waals surface area (Å²) in [5.41, 5.74) is 0. The minimum atomic E-state index is 0.579. The molecule has 0 bridgehead atoms. The number of hydrogen-bond acceptors (Lipinski definition) is 2. The van der Waals surface area contributed by atoms with Crippen LogP contribution in [0, 0.1) is 0 Å². The van der Waals surface area contributed by atoms with Crippen molar-refractivity contribution in [3.8, 4) is 0 Å². The van der Waals surface area contributed by atoms with Crippen LogP contribution in [0.3, 0.4) is 0 Å². The molecule has 2 nitrogen and oxygen atoms in total. The van der Waals surface area contributed by atoms with E-state index in [0.29, 0.717) is 6.04 Å². The highest BCUT2D eigenvalue weighted by atomic mass is 16.5. The minimum absolute atomic E-state index is 0.579. The van der Waals surface area contributed by atoms with Gasteiger partial charge in [0, 0.05) is 19.1 Å². The monoisotopic (exact) mass is 211 g/mol. The fourth-order valence-electron chi connectivity index (χ4n) is 1.91. The summed E-state index contributed by atoms with van der Waals surface area (Å²) in [6.45, 7) is 8.49. The van der Waals surface area contributed by atoms with Crippen LogP contribution in [0.25, 0.3) is 0 Å². The molecule has 0 aromatic heterocycles. The highest BCUT2D eigenvalue weighted by Gasteiger charge is 2.13. The number of unbranched alkanes of at least 4 members (excludes halogenated alkanes) is 3. The molecule has 1 atom stereocenters. The van der Waals surface area contributed by atoms with E-state index in [9.17, 15) is 0 Å². The highest BCUT2D eigenvalue weighted by molar-refractivity contribution is 4.92. The zero-order chi connectivity index (χ0) is 10.9. The van der Waals surface area contributed by atoms with E-state index in [1.54, 1.807) is 0 Å². The van der Waals surface area contributed by atoms with Gasteiger partial charge in [-0.05, 0) is 19.8 Å². The summed E-state index contributed by atoms with van der Waals surface area (Å²) >= 11 is 0. The van der Waals surface area contributed by atoms with E-state index in [1.807, 2.05) is 0 Å². The van der Waals surface area contributed by atoms with Crippen molar-refractivity contribution in [1.29, 1.82) is 0 Å². The number of ether oxygens (including phenoxy) is 1. The molecule has 0 saturated carbocycles. The van der Waals surface area contributed by atoms with Gasteiger partial charge in [-0.1, -0.05) is 31.9 Å². The molecule has 15 heavy (non-hydrogen) atoms. The standard InChI is InChI=1S/C13H25NO/c1-3-4-5-6-7-8-13(2)14-9-11-15-12-10-14/h7-8,13H,3-6,9-12H2,1-2H3. The molecular weight excluding hydrogens is 186 g/mol. The average Bonchev–Trinajstić information content (AvgIpc) is 2.30. The van der Waals surface area contributed by atoms with E-state index in [1.165, 1.54) is 25.7 Å². The molecule has 1 aliphatic rings. The molecule has 88 valence electrons.